The summed E-state index contributed by atoms with van der Waals surface area (Å²) in [6.45, 7) is 1.93. The van der Waals surface area contributed by atoms with E-state index in [1.54, 1.807) is 14.0 Å². The van der Waals surface area contributed by atoms with E-state index >= 15 is 0 Å². The van der Waals surface area contributed by atoms with E-state index in [0.717, 1.165) is 6.26 Å². The van der Waals surface area contributed by atoms with Crippen LogP contribution in [0.15, 0.2) is 6.20 Å². The van der Waals surface area contributed by atoms with Crippen LogP contribution in [0.2, 0.25) is 0 Å². The van der Waals surface area contributed by atoms with E-state index in [1.807, 2.05) is 0 Å². The molecule has 0 spiro atoms. The molecule has 1 aromatic rings. The molecule has 1 heterocycles. The van der Waals surface area contributed by atoms with Crippen LogP contribution < -0.4 is 0 Å². The number of esters is 1. The summed E-state index contributed by atoms with van der Waals surface area (Å²) in [6, 6.07) is 0. The minimum absolute atomic E-state index is 0.0340. The van der Waals surface area contributed by atoms with Crippen LogP contribution in [0.4, 0.5) is 0 Å². The van der Waals surface area contributed by atoms with Crippen molar-refractivity contribution >= 4 is 26.6 Å². The van der Waals surface area contributed by atoms with Crippen molar-refractivity contribution < 1.29 is 22.2 Å². The normalized spacial score (nSPS) is 13.2. The predicted octanol–water partition coefficient (Wildman–Crippen LogP) is -0.110. The molecule has 1 rings (SSSR count). The fourth-order valence-electron chi connectivity index (χ4n) is 1.48. The molecule has 0 saturated heterocycles. The van der Waals surface area contributed by atoms with Crippen molar-refractivity contribution in [3.05, 3.63) is 17.5 Å². The molecule has 0 aliphatic heterocycles. The molecule has 7 nitrogen and oxygen atoms in total. The van der Waals surface area contributed by atoms with E-state index in [0.29, 0.717) is 5.69 Å². The molecule has 0 aromatic carbocycles. The van der Waals surface area contributed by atoms with E-state index in [-0.39, 0.29) is 29.4 Å². The smallest absolute Gasteiger partial charge is 0.341 e. The molecule has 1 aromatic heterocycles. The highest BCUT2D eigenvalue weighted by atomic mass is 32.2. The molecule has 0 fully saturated rings. The van der Waals surface area contributed by atoms with Crippen LogP contribution in [0.3, 0.4) is 0 Å². The van der Waals surface area contributed by atoms with Crippen LogP contribution in [0.1, 0.15) is 23.0 Å². The summed E-state index contributed by atoms with van der Waals surface area (Å²) < 4.78 is 40.3. The number of aryl methyl sites for hydroxylation is 1. The second-order valence-electron chi connectivity index (χ2n) is 4.27. The molecule has 0 N–H and O–H groups in total. The Labute approximate surface area is 120 Å². The van der Waals surface area contributed by atoms with Gasteiger partial charge in [0.2, 0.25) is 0 Å². The number of carbonyl (C=O) groups excluding carboxylic acids is 1. The van der Waals surface area contributed by atoms with Crippen LogP contribution >= 0.6 is 0 Å². The maximum Gasteiger partial charge on any atom is 0.341 e. The molecule has 114 valence electrons. The monoisotopic (exact) mass is 322 g/mol. The van der Waals surface area contributed by atoms with Gasteiger partial charge in [-0.25, -0.2) is 13.2 Å². The summed E-state index contributed by atoms with van der Waals surface area (Å²) in [6.07, 6.45) is 2.46. The van der Waals surface area contributed by atoms with E-state index in [2.05, 4.69) is 5.10 Å². The minimum atomic E-state index is -3.15. The van der Waals surface area contributed by atoms with E-state index in [1.165, 1.54) is 10.9 Å². The number of hydrogen-bond donors (Lipinski definition) is 0. The third kappa shape index (κ3) is 5.04. The van der Waals surface area contributed by atoms with Gasteiger partial charge in [0.15, 0.2) is 0 Å². The highest BCUT2D eigenvalue weighted by Crippen LogP contribution is 2.12. The largest absolute Gasteiger partial charge is 0.462 e. The highest BCUT2D eigenvalue weighted by Gasteiger charge is 2.19. The number of hydrogen-bond acceptors (Lipinski definition) is 6. The Morgan fingerprint density at radius 2 is 2.15 bits per heavy atom. The van der Waals surface area contributed by atoms with Gasteiger partial charge in [-0.15, -0.1) is 0 Å². The second kappa shape index (κ2) is 6.98. The van der Waals surface area contributed by atoms with Crippen LogP contribution in [-0.4, -0.2) is 52.7 Å². The van der Waals surface area contributed by atoms with Gasteiger partial charge in [0.05, 0.1) is 30.0 Å². The Balaban J connectivity index is 2.79. The van der Waals surface area contributed by atoms with Crippen molar-refractivity contribution in [3.63, 3.8) is 0 Å². The summed E-state index contributed by atoms with van der Waals surface area (Å²) >= 11 is 0. The Bertz CT molecular complexity index is 606. The van der Waals surface area contributed by atoms with Crippen LogP contribution in [0.25, 0.3) is 0 Å². The van der Waals surface area contributed by atoms with Crippen molar-refractivity contribution in [2.45, 2.75) is 12.7 Å². The minimum Gasteiger partial charge on any atom is -0.462 e. The molecule has 1 atom stereocenters. The SMILES string of the molecule is CCOC(=O)c1cnn(C)c1CS(=O)CCS(C)(=O)=O. The first-order valence-corrected chi connectivity index (χ1v) is 9.50. The number of ether oxygens (including phenoxy) is 1. The average molecular weight is 322 g/mol. The average Bonchev–Trinajstić information content (AvgIpc) is 2.68. The molecule has 0 bridgehead atoms. The van der Waals surface area contributed by atoms with Gasteiger partial charge >= 0.3 is 5.97 Å². The first kappa shape index (κ1) is 16.8. The molecule has 20 heavy (non-hydrogen) atoms. The maximum absolute atomic E-state index is 11.9. The molecule has 1 unspecified atom stereocenters. The lowest BCUT2D eigenvalue weighted by atomic mass is 10.3. The van der Waals surface area contributed by atoms with Crippen molar-refractivity contribution in [2.24, 2.45) is 7.05 Å². The van der Waals surface area contributed by atoms with Gasteiger partial charge in [-0.3, -0.25) is 8.89 Å². The third-order valence-electron chi connectivity index (χ3n) is 2.54. The molecular formula is C11H18N2O5S2. The summed E-state index contributed by atoms with van der Waals surface area (Å²) in [7, 11) is -2.90. The number of sulfone groups is 1. The Morgan fingerprint density at radius 3 is 2.70 bits per heavy atom. The van der Waals surface area contributed by atoms with Crippen molar-refractivity contribution in [1.29, 1.82) is 0 Å². The summed E-state index contributed by atoms with van der Waals surface area (Å²) in [5.41, 5.74) is 0.748. The van der Waals surface area contributed by atoms with Gasteiger partial charge in [-0.1, -0.05) is 0 Å². The van der Waals surface area contributed by atoms with Crippen molar-refractivity contribution in [2.75, 3.05) is 24.4 Å². The number of carbonyl (C=O) groups is 1. The van der Waals surface area contributed by atoms with Gasteiger partial charge in [0.1, 0.15) is 15.4 Å². The zero-order valence-electron chi connectivity index (χ0n) is 11.7. The Morgan fingerprint density at radius 1 is 1.50 bits per heavy atom. The van der Waals surface area contributed by atoms with Crippen LogP contribution in [0, 0.1) is 0 Å². The summed E-state index contributed by atoms with van der Waals surface area (Å²) in [5, 5.41) is 3.94. The third-order valence-corrected chi connectivity index (χ3v) is 5.00. The van der Waals surface area contributed by atoms with E-state index in [4.69, 9.17) is 4.74 Å². The molecule has 9 heteroatoms. The number of rotatable bonds is 7. The highest BCUT2D eigenvalue weighted by molar-refractivity contribution is 7.92. The molecule has 0 amide bonds. The predicted molar refractivity (Wildman–Crippen MR) is 75.6 cm³/mol. The molecule has 0 radical (unpaired) electrons. The van der Waals surface area contributed by atoms with Crippen molar-refractivity contribution in [1.82, 2.24) is 9.78 Å². The Kier molecular flexibility index (Phi) is 5.88. The molecule has 0 aliphatic rings. The lowest BCUT2D eigenvalue weighted by molar-refractivity contribution is 0.0525. The maximum atomic E-state index is 11.9. The zero-order valence-corrected chi connectivity index (χ0v) is 13.3. The lowest BCUT2D eigenvalue weighted by Crippen LogP contribution is -2.16. The van der Waals surface area contributed by atoms with E-state index < -0.39 is 26.6 Å². The second-order valence-corrected chi connectivity index (χ2v) is 8.10. The van der Waals surface area contributed by atoms with Crippen LogP contribution in [-0.2, 0) is 38.2 Å². The van der Waals surface area contributed by atoms with Gasteiger partial charge in [-0.05, 0) is 6.92 Å². The zero-order chi connectivity index (χ0) is 15.3. The van der Waals surface area contributed by atoms with Gasteiger partial charge < -0.3 is 4.74 Å². The summed E-state index contributed by atoms with van der Waals surface area (Å²) in [5.74, 6) is -0.561. The molecule has 0 saturated carbocycles. The summed E-state index contributed by atoms with van der Waals surface area (Å²) in [4.78, 5) is 11.7. The fraction of sp³-hybridized carbons (Fsp3) is 0.636. The molecule has 0 aliphatic carbocycles. The first-order valence-electron chi connectivity index (χ1n) is 5.95. The number of nitrogens with zero attached hydrogens (tertiary/aromatic N) is 2. The van der Waals surface area contributed by atoms with Crippen molar-refractivity contribution in [3.8, 4) is 0 Å². The van der Waals surface area contributed by atoms with E-state index in [9.17, 15) is 17.4 Å². The quantitative estimate of drug-likeness (QED) is 0.650. The lowest BCUT2D eigenvalue weighted by Gasteiger charge is -2.06. The Hall–Kier alpha value is -1.22. The standard InChI is InChI=1S/C11H18N2O5S2/c1-4-18-11(14)9-7-12-13(2)10(9)8-19(15)5-6-20(3,16)17/h7H,4-6,8H2,1-3H3. The van der Waals surface area contributed by atoms with Gasteiger partial charge in [0, 0.05) is 29.9 Å². The van der Waals surface area contributed by atoms with Crippen LogP contribution in [0.5, 0.6) is 0 Å². The fourth-order valence-corrected chi connectivity index (χ4v) is 4.23. The number of aromatic nitrogens is 2. The topological polar surface area (TPSA) is 95.3 Å². The first-order chi connectivity index (χ1) is 9.24. The van der Waals surface area contributed by atoms with Gasteiger partial charge in [0.25, 0.3) is 0 Å². The molecular weight excluding hydrogens is 304 g/mol. The van der Waals surface area contributed by atoms with Gasteiger partial charge in [-0.2, -0.15) is 5.10 Å².